The molecule has 2 rings (SSSR count). The molecule has 0 aliphatic heterocycles. The monoisotopic (exact) mass is 481 g/mol. The van der Waals surface area contributed by atoms with Gasteiger partial charge in [-0.2, -0.15) is 0 Å². The van der Waals surface area contributed by atoms with Crippen LogP contribution in [0.2, 0.25) is 0 Å². The lowest BCUT2D eigenvalue weighted by Gasteiger charge is -2.10. The summed E-state index contributed by atoms with van der Waals surface area (Å²) in [7, 11) is 1.61. The summed E-state index contributed by atoms with van der Waals surface area (Å²) >= 11 is 0. The molecule has 0 bridgehead atoms. The molecule has 26 heavy (non-hydrogen) atoms. The van der Waals surface area contributed by atoms with Gasteiger partial charge < -0.3 is 20.5 Å². The van der Waals surface area contributed by atoms with E-state index in [1.54, 1.807) is 7.11 Å². The van der Waals surface area contributed by atoms with Gasteiger partial charge in [0.15, 0.2) is 5.96 Å². The minimum absolute atomic E-state index is 0. The highest BCUT2D eigenvalue weighted by atomic mass is 127. The van der Waals surface area contributed by atoms with Crippen LogP contribution in [0.4, 0.5) is 18.9 Å². The number of methoxy groups -OCH3 is 1. The summed E-state index contributed by atoms with van der Waals surface area (Å²) in [5.41, 5.74) is 8.30. The third kappa shape index (κ3) is 7.48. The number of guanidine groups is 1. The van der Waals surface area contributed by atoms with Gasteiger partial charge in [-0.25, -0.2) is 4.99 Å². The molecule has 0 heterocycles. The molecule has 5 nitrogen and oxygen atoms in total. The smallest absolute Gasteiger partial charge is 0.406 e. The van der Waals surface area contributed by atoms with Gasteiger partial charge in [0.2, 0.25) is 0 Å². The van der Waals surface area contributed by atoms with Gasteiger partial charge in [-0.15, -0.1) is 37.1 Å². The van der Waals surface area contributed by atoms with Gasteiger partial charge in [0, 0.05) is 12.8 Å². The van der Waals surface area contributed by atoms with Gasteiger partial charge in [-0.3, -0.25) is 0 Å². The van der Waals surface area contributed by atoms with Crippen LogP contribution in [0.15, 0.2) is 53.5 Å². The highest BCUT2D eigenvalue weighted by molar-refractivity contribution is 14.0. The summed E-state index contributed by atoms with van der Waals surface area (Å²) in [4.78, 5) is 4.23. The van der Waals surface area contributed by atoms with Crippen LogP contribution in [0.1, 0.15) is 11.1 Å². The van der Waals surface area contributed by atoms with Crippen molar-refractivity contribution in [1.29, 1.82) is 0 Å². The van der Waals surface area contributed by atoms with E-state index in [2.05, 4.69) is 15.0 Å². The maximum Gasteiger partial charge on any atom is 0.573 e. The predicted octanol–water partition coefficient (Wildman–Crippen LogP) is 4.28. The van der Waals surface area contributed by atoms with Crippen molar-refractivity contribution in [3.8, 4) is 5.75 Å². The minimum atomic E-state index is -4.72. The molecule has 0 saturated heterocycles. The second-order valence-electron chi connectivity index (χ2n) is 5.10. The van der Waals surface area contributed by atoms with Crippen LogP contribution in [0, 0.1) is 0 Å². The van der Waals surface area contributed by atoms with E-state index in [-0.39, 0.29) is 35.7 Å². The molecule has 0 aromatic heterocycles. The first-order valence-corrected chi connectivity index (χ1v) is 7.36. The zero-order chi connectivity index (χ0) is 18.3. The highest BCUT2D eigenvalue weighted by Crippen LogP contribution is 2.23. The number of rotatable bonds is 6. The lowest BCUT2D eigenvalue weighted by Crippen LogP contribution is -2.22. The van der Waals surface area contributed by atoms with Gasteiger partial charge >= 0.3 is 6.36 Å². The fraction of sp³-hybridized carbons (Fsp3) is 0.235. The van der Waals surface area contributed by atoms with E-state index in [0.29, 0.717) is 18.8 Å². The van der Waals surface area contributed by atoms with E-state index in [0.717, 1.165) is 11.1 Å². The minimum Gasteiger partial charge on any atom is -0.406 e. The number of anilines is 1. The third-order valence-corrected chi connectivity index (χ3v) is 3.20. The number of alkyl halides is 3. The van der Waals surface area contributed by atoms with E-state index in [1.807, 2.05) is 24.3 Å². The Morgan fingerprint density at radius 2 is 1.69 bits per heavy atom. The number of nitrogens with one attached hydrogen (secondary N) is 1. The molecule has 0 radical (unpaired) electrons. The Labute approximate surface area is 166 Å². The summed E-state index contributed by atoms with van der Waals surface area (Å²) in [5.74, 6) is -0.154. The van der Waals surface area contributed by atoms with Crippen molar-refractivity contribution in [2.75, 3.05) is 12.4 Å². The molecule has 2 aromatic rings. The number of halogens is 4. The summed E-state index contributed by atoms with van der Waals surface area (Å²) in [6, 6.07) is 12.9. The number of benzene rings is 2. The van der Waals surface area contributed by atoms with Gasteiger partial charge in [0.1, 0.15) is 5.75 Å². The summed E-state index contributed by atoms with van der Waals surface area (Å²) in [6.45, 7) is 0.827. The molecule has 2 aromatic carbocycles. The second kappa shape index (κ2) is 10.2. The fourth-order valence-corrected chi connectivity index (χ4v) is 2.11. The molecule has 0 unspecified atom stereocenters. The number of ether oxygens (including phenoxy) is 2. The third-order valence-electron chi connectivity index (χ3n) is 3.20. The Kier molecular flexibility index (Phi) is 8.66. The molecule has 0 saturated carbocycles. The van der Waals surface area contributed by atoms with Gasteiger partial charge in [-0.1, -0.05) is 24.3 Å². The maximum absolute atomic E-state index is 12.1. The number of aliphatic imine (C=N–C) groups is 1. The van der Waals surface area contributed by atoms with Crippen LogP contribution in [-0.2, 0) is 17.9 Å². The average Bonchev–Trinajstić information content (AvgIpc) is 2.55. The lowest BCUT2D eigenvalue weighted by molar-refractivity contribution is -0.274. The molecule has 9 heteroatoms. The second-order valence-corrected chi connectivity index (χ2v) is 5.10. The average molecular weight is 481 g/mol. The normalized spacial score (nSPS) is 11.6. The zero-order valence-electron chi connectivity index (χ0n) is 13.9. The largest absolute Gasteiger partial charge is 0.573 e. The molecule has 0 atom stereocenters. The van der Waals surface area contributed by atoms with E-state index < -0.39 is 6.36 Å². The molecule has 3 N–H and O–H groups in total. The first kappa shape index (κ1) is 22.0. The van der Waals surface area contributed by atoms with Crippen LogP contribution < -0.4 is 15.8 Å². The number of hydrogen-bond acceptors (Lipinski definition) is 3. The van der Waals surface area contributed by atoms with Crippen molar-refractivity contribution in [3.63, 3.8) is 0 Å². The summed E-state index contributed by atoms with van der Waals surface area (Å²) < 4.78 is 45.3. The molecular formula is C17H19F3IN3O2. The van der Waals surface area contributed by atoms with Crippen molar-refractivity contribution >= 4 is 35.6 Å². The number of hydrogen-bond donors (Lipinski definition) is 2. The molecular weight excluding hydrogens is 462 g/mol. The number of nitrogens with two attached hydrogens (primary N) is 1. The van der Waals surface area contributed by atoms with Crippen molar-refractivity contribution in [2.24, 2.45) is 10.7 Å². The van der Waals surface area contributed by atoms with Crippen LogP contribution >= 0.6 is 24.0 Å². The van der Waals surface area contributed by atoms with E-state index >= 15 is 0 Å². The Hall–Kier alpha value is -2.01. The fourth-order valence-electron chi connectivity index (χ4n) is 2.11. The predicted molar refractivity (Wildman–Crippen MR) is 105 cm³/mol. The van der Waals surface area contributed by atoms with Crippen molar-refractivity contribution in [1.82, 2.24) is 0 Å². The zero-order valence-corrected chi connectivity index (χ0v) is 16.2. The Morgan fingerprint density at radius 3 is 2.27 bits per heavy atom. The van der Waals surface area contributed by atoms with E-state index in [4.69, 9.17) is 10.5 Å². The van der Waals surface area contributed by atoms with Crippen LogP contribution in [-0.4, -0.2) is 19.4 Å². The SMILES string of the molecule is COCc1ccccc1CN=C(N)Nc1ccc(OC(F)(F)F)cc1.I. The quantitative estimate of drug-likeness (QED) is 0.368. The van der Waals surface area contributed by atoms with E-state index in [1.165, 1.54) is 24.3 Å². The summed E-state index contributed by atoms with van der Waals surface area (Å²) in [5, 5.41) is 2.81. The van der Waals surface area contributed by atoms with Crippen molar-refractivity contribution in [2.45, 2.75) is 19.5 Å². The molecule has 0 fully saturated rings. The molecule has 0 spiro atoms. The number of nitrogens with zero attached hydrogens (tertiary/aromatic N) is 1. The van der Waals surface area contributed by atoms with Gasteiger partial charge in [0.25, 0.3) is 0 Å². The highest BCUT2D eigenvalue weighted by Gasteiger charge is 2.30. The van der Waals surface area contributed by atoms with Crippen molar-refractivity contribution in [3.05, 3.63) is 59.7 Å². The Morgan fingerprint density at radius 1 is 1.08 bits per heavy atom. The Balaban J connectivity index is 0.00000338. The van der Waals surface area contributed by atoms with Crippen LogP contribution in [0.5, 0.6) is 5.75 Å². The molecule has 0 aliphatic carbocycles. The first-order chi connectivity index (χ1) is 11.9. The van der Waals surface area contributed by atoms with E-state index in [9.17, 15) is 13.2 Å². The molecule has 0 amide bonds. The van der Waals surface area contributed by atoms with Crippen LogP contribution in [0.3, 0.4) is 0 Å². The van der Waals surface area contributed by atoms with Crippen molar-refractivity contribution < 1.29 is 22.6 Å². The molecule has 0 aliphatic rings. The topological polar surface area (TPSA) is 68.9 Å². The van der Waals surface area contributed by atoms with Gasteiger partial charge in [0.05, 0.1) is 13.2 Å². The van der Waals surface area contributed by atoms with Gasteiger partial charge in [-0.05, 0) is 35.4 Å². The summed E-state index contributed by atoms with van der Waals surface area (Å²) in [6.07, 6.45) is -4.72. The van der Waals surface area contributed by atoms with Crippen LogP contribution in [0.25, 0.3) is 0 Å². The Bertz CT molecular complexity index is 722. The standard InChI is InChI=1S/C17H18F3N3O2.HI/c1-24-11-13-5-3-2-4-12(13)10-22-16(21)23-14-6-8-15(9-7-14)25-17(18,19)20;/h2-9H,10-11H2,1H3,(H3,21,22,23);1H. The lowest BCUT2D eigenvalue weighted by atomic mass is 10.1. The molecule has 142 valence electrons. The first-order valence-electron chi connectivity index (χ1n) is 7.36. The maximum atomic E-state index is 12.1.